The Kier molecular flexibility index (Phi) is 7.49. The highest BCUT2D eigenvalue weighted by atomic mass is 35.5. The van der Waals surface area contributed by atoms with Crippen LogP contribution in [0.4, 0.5) is 11.4 Å². The number of carbonyl (C=O) groups excluding carboxylic acids is 1. The summed E-state index contributed by atoms with van der Waals surface area (Å²) in [6, 6.07) is 15.1. The number of nitrogens with one attached hydrogen (secondary N) is 1. The lowest BCUT2D eigenvalue weighted by molar-refractivity contribution is -0.134. The average Bonchev–Trinajstić information content (AvgIpc) is 3.10. The summed E-state index contributed by atoms with van der Waals surface area (Å²) in [5.74, 6) is 0.629. The maximum Gasteiger partial charge on any atom is 0.338 e. The largest absolute Gasteiger partial charge is 0.406 e. The Hall–Kier alpha value is -2.57. The lowest BCUT2D eigenvalue weighted by Gasteiger charge is -2.18. The Morgan fingerprint density at radius 1 is 1.17 bits per heavy atom. The molecular formula is C22H26ClN3O3. The summed E-state index contributed by atoms with van der Waals surface area (Å²) >= 11 is 5.79. The molecule has 1 atom stereocenters. The smallest absolute Gasteiger partial charge is 0.338 e. The Bertz CT molecular complexity index is 837. The number of rotatable bonds is 10. The molecule has 2 aromatic rings. The molecule has 0 saturated heterocycles. The van der Waals surface area contributed by atoms with E-state index in [1.165, 1.54) is 0 Å². The molecule has 1 aliphatic heterocycles. The summed E-state index contributed by atoms with van der Waals surface area (Å²) in [4.78, 5) is 18.9. The fraction of sp³-hybridized carbons (Fsp3) is 0.364. The van der Waals surface area contributed by atoms with Gasteiger partial charge in [0, 0.05) is 49.4 Å². The number of nitrogens with zero attached hydrogens (tertiary/aromatic N) is 2. The van der Waals surface area contributed by atoms with Crippen molar-refractivity contribution in [1.29, 1.82) is 0 Å². The molecule has 0 saturated carbocycles. The minimum Gasteiger partial charge on any atom is -0.406 e. The van der Waals surface area contributed by atoms with E-state index in [0.717, 1.165) is 29.0 Å². The fourth-order valence-electron chi connectivity index (χ4n) is 2.98. The Morgan fingerprint density at radius 3 is 2.55 bits per heavy atom. The molecule has 0 bridgehead atoms. The van der Waals surface area contributed by atoms with Crippen molar-refractivity contribution in [3.8, 4) is 0 Å². The van der Waals surface area contributed by atoms with Gasteiger partial charge in [-0.15, -0.1) is 11.6 Å². The molecule has 0 radical (unpaired) electrons. The normalized spacial score (nSPS) is 15.8. The van der Waals surface area contributed by atoms with Crippen LogP contribution in [0.15, 0.2) is 53.5 Å². The molecule has 2 aromatic carbocycles. The van der Waals surface area contributed by atoms with E-state index in [1.807, 2.05) is 62.5 Å². The third kappa shape index (κ3) is 5.71. The summed E-state index contributed by atoms with van der Waals surface area (Å²) in [5, 5.41) is 3.15. The van der Waals surface area contributed by atoms with Gasteiger partial charge in [-0.2, -0.15) is 0 Å². The summed E-state index contributed by atoms with van der Waals surface area (Å²) in [6.07, 6.45) is 0.510. The maximum absolute atomic E-state index is 12.3. The number of carbonyl (C=O) groups is 1. The van der Waals surface area contributed by atoms with E-state index in [1.54, 1.807) is 0 Å². The first-order valence-electron chi connectivity index (χ1n) is 9.68. The van der Waals surface area contributed by atoms with Gasteiger partial charge in [0.25, 0.3) is 0 Å². The molecule has 7 heteroatoms. The van der Waals surface area contributed by atoms with Crippen molar-refractivity contribution in [3.63, 3.8) is 0 Å². The van der Waals surface area contributed by atoms with E-state index in [-0.39, 0.29) is 5.97 Å². The number of anilines is 2. The van der Waals surface area contributed by atoms with E-state index < -0.39 is 6.04 Å². The van der Waals surface area contributed by atoms with Gasteiger partial charge >= 0.3 is 5.97 Å². The molecule has 1 unspecified atom stereocenters. The average molecular weight is 416 g/mol. The van der Waals surface area contributed by atoms with Crippen LogP contribution >= 0.6 is 11.6 Å². The van der Waals surface area contributed by atoms with Crippen molar-refractivity contribution in [1.82, 2.24) is 0 Å². The predicted molar refractivity (Wildman–Crippen MR) is 117 cm³/mol. The quantitative estimate of drug-likeness (QED) is 0.277. The SMILES string of the molecule is CCOCNc1ccc(C2=NC(Cc3ccc(N(C)CCCl)cc3)C(=O)O2)cc1. The standard InChI is InChI=1S/C22H26ClN3O3/c1-3-28-15-24-18-8-6-17(7-9-18)21-25-20(22(27)29-21)14-16-4-10-19(11-5-16)26(2)13-12-23/h4-11,20,24H,3,12-15H2,1-2H3. The van der Waals surface area contributed by atoms with Crippen LogP contribution < -0.4 is 10.2 Å². The number of hydrogen-bond acceptors (Lipinski definition) is 6. The Labute approximate surface area is 176 Å². The zero-order valence-electron chi connectivity index (χ0n) is 16.7. The molecular weight excluding hydrogens is 390 g/mol. The number of halogens is 1. The van der Waals surface area contributed by atoms with Crippen molar-refractivity contribution in [3.05, 3.63) is 59.7 Å². The van der Waals surface area contributed by atoms with Crippen LogP contribution in [0.1, 0.15) is 18.1 Å². The number of hydrogen-bond donors (Lipinski definition) is 1. The van der Waals surface area contributed by atoms with Gasteiger partial charge in [-0.3, -0.25) is 0 Å². The molecule has 0 spiro atoms. The zero-order valence-corrected chi connectivity index (χ0v) is 17.5. The molecule has 0 aromatic heterocycles. The zero-order chi connectivity index (χ0) is 20.6. The Morgan fingerprint density at radius 2 is 1.90 bits per heavy atom. The van der Waals surface area contributed by atoms with E-state index >= 15 is 0 Å². The first-order valence-corrected chi connectivity index (χ1v) is 10.2. The van der Waals surface area contributed by atoms with Crippen molar-refractivity contribution in [2.45, 2.75) is 19.4 Å². The number of esters is 1. The van der Waals surface area contributed by atoms with Gasteiger partial charge in [0.05, 0.1) is 0 Å². The van der Waals surface area contributed by atoms with Crippen molar-refractivity contribution >= 4 is 34.8 Å². The van der Waals surface area contributed by atoms with E-state index in [9.17, 15) is 4.79 Å². The molecule has 0 fully saturated rings. The second-order valence-electron chi connectivity index (χ2n) is 6.74. The summed E-state index contributed by atoms with van der Waals surface area (Å²) < 4.78 is 10.7. The minimum absolute atomic E-state index is 0.318. The number of ether oxygens (including phenoxy) is 2. The third-order valence-corrected chi connectivity index (χ3v) is 4.85. The molecule has 3 rings (SSSR count). The molecule has 1 heterocycles. The number of aliphatic imine (C=N–C) groups is 1. The van der Waals surface area contributed by atoms with Crippen LogP contribution in [-0.2, 0) is 20.7 Å². The van der Waals surface area contributed by atoms with Crippen LogP contribution in [0.5, 0.6) is 0 Å². The van der Waals surface area contributed by atoms with Gasteiger partial charge < -0.3 is 19.7 Å². The molecule has 1 N–H and O–H groups in total. The van der Waals surface area contributed by atoms with Gasteiger partial charge in [-0.25, -0.2) is 9.79 Å². The highest BCUT2D eigenvalue weighted by Gasteiger charge is 2.29. The second kappa shape index (κ2) is 10.3. The molecule has 0 amide bonds. The summed E-state index contributed by atoms with van der Waals surface area (Å²) in [7, 11) is 2.00. The summed E-state index contributed by atoms with van der Waals surface area (Å²) in [5.41, 5.74) is 3.84. The summed E-state index contributed by atoms with van der Waals surface area (Å²) in [6.45, 7) is 3.84. The number of benzene rings is 2. The van der Waals surface area contributed by atoms with Crippen molar-refractivity contribution in [2.75, 3.05) is 43.0 Å². The van der Waals surface area contributed by atoms with Crippen LogP contribution in [-0.4, -0.2) is 50.7 Å². The topological polar surface area (TPSA) is 63.2 Å². The first kappa shape index (κ1) is 21.1. The lowest BCUT2D eigenvalue weighted by Crippen LogP contribution is -2.20. The second-order valence-corrected chi connectivity index (χ2v) is 7.12. The van der Waals surface area contributed by atoms with Crippen LogP contribution in [0.2, 0.25) is 0 Å². The highest BCUT2D eigenvalue weighted by molar-refractivity contribution is 6.18. The fourth-order valence-corrected chi connectivity index (χ4v) is 3.23. The van der Waals surface area contributed by atoms with Gasteiger partial charge in [0.2, 0.25) is 5.90 Å². The van der Waals surface area contributed by atoms with Gasteiger partial charge in [-0.05, 0) is 48.9 Å². The van der Waals surface area contributed by atoms with Crippen LogP contribution in [0.3, 0.4) is 0 Å². The van der Waals surface area contributed by atoms with Crippen LogP contribution in [0.25, 0.3) is 0 Å². The van der Waals surface area contributed by atoms with Crippen molar-refractivity contribution in [2.24, 2.45) is 4.99 Å². The third-order valence-electron chi connectivity index (χ3n) is 4.68. The molecule has 154 valence electrons. The van der Waals surface area contributed by atoms with E-state index in [4.69, 9.17) is 21.1 Å². The van der Waals surface area contributed by atoms with E-state index in [0.29, 0.717) is 31.5 Å². The molecule has 29 heavy (non-hydrogen) atoms. The molecule has 6 nitrogen and oxygen atoms in total. The molecule has 1 aliphatic rings. The highest BCUT2D eigenvalue weighted by Crippen LogP contribution is 2.20. The van der Waals surface area contributed by atoms with Gasteiger partial charge in [0.15, 0.2) is 6.04 Å². The predicted octanol–water partition coefficient (Wildman–Crippen LogP) is 3.68. The van der Waals surface area contributed by atoms with Gasteiger partial charge in [-0.1, -0.05) is 12.1 Å². The van der Waals surface area contributed by atoms with Gasteiger partial charge in [0.1, 0.15) is 6.73 Å². The number of alkyl halides is 1. The first-order chi connectivity index (χ1) is 14.1. The van der Waals surface area contributed by atoms with E-state index in [2.05, 4.69) is 15.2 Å². The van der Waals surface area contributed by atoms with Crippen molar-refractivity contribution < 1.29 is 14.3 Å². The number of cyclic esters (lactones) is 1. The monoisotopic (exact) mass is 415 g/mol. The molecule has 0 aliphatic carbocycles. The minimum atomic E-state index is -0.521. The lowest BCUT2D eigenvalue weighted by atomic mass is 10.1. The van der Waals surface area contributed by atoms with Crippen LogP contribution in [0, 0.1) is 0 Å². The Balaban J connectivity index is 1.62. The maximum atomic E-state index is 12.3.